The van der Waals surface area contributed by atoms with Crippen molar-refractivity contribution in [2.45, 2.75) is 25.4 Å². The number of rotatable bonds is 4. The summed E-state index contributed by atoms with van der Waals surface area (Å²) in [5.41, 5.74) is 0.176. The first-order valence-corrected chi connectivity index (χ1v) is 7.49. The van der Waals surface area contributed by atoms with Crippen LogP contribution in [0.25, 0.3) is 0 Å². The first-order chi connectivity index (χ1) is 10.5. The average Bonchev–Trinajstić information content (AvgIpc) is 2.50. The third-order valence-corrected chi connectivity index (χ3v) is 4.08. The van der Waals surface area contributed by atoms with Crippen molar-refractivity contribution in [2.24, 2.45) is 0 Å². The van der Waals surface area contributed by atoms with Crippen molar-refractivity contribution >= 4 is 47.2 Å². The first-order valence-electron chi connectivity index (χ1n) is 7.11. The number of carbonyl (C=O) groups is 2. The largest absolute Gasteiger partial charge is 0.368 e. The minimum absolute atomic E-state index is 0. The second-order valence-corrected chi connectivity index (χ2v) is 5.69. The van der Waals surface area contributed by atoms with Crippen molar-refractivity contribution in [3.63, 3.8) is 0 Å². The molecule has 2 rings (SSSR count). The van der Waals surface area contributed by atoms with Crippen LogP contribution in [0.5, 0.6) is 0 Å². The van der Waals surface area contributed by atoms with Crippen LogP contribution in [0.15, 0.2) is 18.2 Å². The highest BCUT2D eigenvalue weighted by atomic mass is 35.5. The van der Waals surface area contributed by atoms with Crippen molar-refractivity contribution in [3.8, 4) is 0 Å². The Balaban J connectivity index is 0.00000264. The van der Waals surface area contributed by atoms with Crippen molar-refractivity contribution in [1.82, 2.24) is 5.32 Å². The quantitative estimate of drug-likeness (QED) is 0.769. The fraction of sp³-hybridized carbons (Fsp3) is 0.467. The molecule has 1 aliphatic heterocycles. The van der Waals surface area contributed by atoms with Crippen LogP contribution in [-0.2, 0) is 14.3 Å². The first kappa shape index (κ1) is 19.7. The maximum absolute atomic E-state index is 12.6. The number of anilines is 2. The van der Waals surface area contributed by atoms with Gasteiger partial charge in [0.1, 0.15) is 5.60 Å². The van der Waals surface area contributed by atoms with E-state index in [9.17, 15) is 9.59 Å². The molecule has 0 atom stereocenters. The fourth-order valence-electron chi connectivity index (χ4n) is 2.49. The predicted molar refractivity (Wildman–Crippen MR) is 93.5 cm³/mol. The number of halogens is 2. The van der Waals surface area contributed by atoms with E-state index in [1.165, 1.54) is 6.92 Å². The molecule has 0 saturated carbocycles. The van der Waals surface area contributed by atoms with E-state index in [0.29, 0.717) is 29.2 Å². The lowest BCUT2D eigenvalue weighted by molar-refractivity contribution is -0.140. The molecule has 0 bridgehead atoms. The van der Waals surface area contributed by atoms with Crippen LogP contribution in [0.3, 0.4) is 0 Å². The van der Waals surface area contributed by atoms with E-state index in [2.05, 4.69) is 16.0 Å². The van der Waals surface area contributed by atoms with E-state index in [0.717, 1.165) is 13.1 Å². The number of nitrogens with one attached hydrogen (secondary N) is 3. The summed E-state index contributed by atoms with van der Waals surface area (Å²) in [6, 6.07) is 4.94. The highest BCUT2D eigenvalue weighted by molar-refractivity contribution is 6.34. The Kier molecular flexibility index (Phi) is 7.28. The van der Waals surface area contributed by atoms with Crippen molar-refractivity contribution in [2.75, 3.05) is 30.8 Å². The second kappa shape index (κ2) is 8.49. The minimum atomic E-state index is -0.849. The molecule has 23 heavy (non-hydrogen) atoms. The van der Waals surface area contributed by atoms with E-state index in [-0.39, 0.29) is 24.2 Å². The van der Waals surface area contributed by atoms with Crippen molar-refractivity contribution in [1.29, 1.82) is 0 Å². The molecule has 2 amide bonds. The summed E-state index contributed by atoms with van der Waals surface area (Å²) in [6.07, 6.45) is 1.19. The fourth-order valence-corrected chi connectivity index (χ4v) is 2.66. The molecule has 0 aliphatic carbocycles. The minimum Gasteiger partial charge on any atom is -0.368 e. The lowest BCUT2D eigenvalue weighted by Crippen LogP contribution is -2.51. The average molecular weight is 362 g/mol. The van der Waals surface area contributed by atoms with Gasteiger partial charge in [-0.15, -0.1) is 12.4 Å². The van der Waals surface area contributed by atoms with Gasteiger partial charge in [-0.1, -0.05) is 11.6 Å². The zero-order valence-corrected chi connectivity index (χ0v) is 14.6. The van der Waals surface area contributed by atoms with E-state index in [4.69, 9.17) is 16.3 Å². The van der Waals surface area contributed by atoms with Crippen LogP contribution in [0.1, 0.15) is 19.8 Å². The number of benzene rings is 1. The van der Waals surface area contributed by atoms with Crippen LogP contribution in [0, 0.1) is 0 Å². The van der Waals surface area contributed by atoms with Crippen LogP contribution in [-0.4, -0.2) is 37.6 Å². The third kappa shape index (κ3) is 4.81. The van der Waals surface area contributed by atoms with Gasteiger partial charge in [-0.2, -0.15) is 0 Å². The zero-order valence-electron chi connectivity index (χ0n) is 13.1. The summed E-state index contributed by atoms with van der Waals surface area (Å²) in [4.78, 5) is 23.7. The molecular weight excluding hydrogens is 341 g/mol. The van der Waals surface area contributed by atoms with Gasteiger partial charge in [0.05, 0.1) is 10.7 Å². The zero-order chi connectivity index (χ0) is 16.2. The number of carbonyl (C=O) groups excluding carboxylic acids is 2. The maximum atomic E-state index is 12.6. The van der Waals surface area contributed by atoms with E-state index >= 15 is 0 Å². The lowest BCUT2D eigenvalue weighted by atomic mass is 9.91. The van der Waals surface area contributed by atoms with E-state index in [1.54, 1.807) is 25.3 Å². The molecule has 0 unspecified atom stereocenters. The Labute approximate surface area is 146 Å². The molecule has 1 heterocycles. The Hall–Kier alpha value is -1.34. The summed E-state index contributed by atoms with van der Waals surface area (Å²) in [7, 11) is 1.54. The molecule has 6 nitrogen and oxygen atoms in total. The molecule has 8 heteroatoms. The van der Waals surface area contributed by atoms with Crippen LogP contribution < -0.4 is 16.0 Å². The molecular formula is C15H21Cl2N3O3. The third-order valence-electron chi connectivity index (χ3n) is 3.75. The smallest absolute Gasteiger partial charge is 0.256 e. The Morgan fingerprint density at radius 1 is 1.26 bits per heavy atom. The summed E-state index contributed by atoms with van der Waals surface area (Å²) in [5, 5.41) is 9.08. The number of piperidine rings is 1. The highest BCUT2D eigenvalue weighted by Crippen LogP contribution is 2.29. The molecule has 0 aromatic heterocycles. The summed E-state index contributed by atoms with van der Waals surface area (Å²) in [5.74, 6) is -0.412. The van der Waals surface area contributed by atoms with Gasteiger partial charge in [-0.3, -0.25) is 9.59 Å². The normalized spacial score (nSPS) is 16.1. The maximum Gasteiger partial charge on any atom is 0.256 e. The number of amides is 2. The van der Waals surface area contributed by atoms with Gasteiger partial charge in [0.25, 0.3) is 5.91 Å². The van der Waals surface area contributed by atoms with Gasteiger partial charge < -0.3 is 20.7 Å². The molecule has 3 N–H and O–H groups in total. The summed E-state index contributed by atoms with van der Waals surface area (Å²) in [6.45, 7) is 2.86. The molecule has 1 aromatic rings. The summed E-state index contributed by atoms with van der Waals surface area (Å²) < 4.78 is 5.48. The van der Waals surface area contributed by atoms with E-state index in [1.807, 2.05) is 0 Å². The van der Waals surface area contributed by atoms with Gasteiger partial charge in [0.15, 0.2) is 0 Å². The molecule has 128 valence electrons. The Morgan fingerprint density at radius 2 is 1.91 bits per heavy atom. The van der Waals surface area contributed by atoms with Crippen LogP contribution in [0.4, 0.5) is 11.4 Å². The molecule has 1 aliphatic rings. The van der Waals surface area contributed by atoms with Gasteiger partial charge >= 0.3 is 0 Å². The van der Waals surface area contributed by atoms with Gasteiger partial charge in [-0.25, -0.2) is 0 Å². The number of hydrogen-bond donors (Lipinski definition) is 3. The molecule has 1 fully saturated rings. The predicted octanol–water partition coefficient (Wildman–Crippen LogP) is 2.43. The van der Waals surface area contributed by atoms with Crippen LogP contribution in [0.2, 0.25) is 5.02 Å². The van der Waals surface area contributed by atoms with Gasteiger partial charge in [0.2, 0.25) is 5.91 Å². The Morgan fingerprint density at radius 3 is 2.48 bits per heavy atom. The SMILES string of the molecule is COC1(C(=O)Nc2cc(NC(C)=O)ccc2Cl)CCNCC1.Cl. The van der Waals surface area contributed by atoms with Gasteiger partial charge in [-0.05, 0) is 44.1 Å². The standard InChI is InChI=1S/C15H20ClN3O3.ClH/c1-10(20)18-11-3-4-12(16)13(9-11)19-14(21)15(22-2)5-7-17-8-6-15;/h3-4,9,17H,5-8H2,1-2H3,(H,18,20)(H,19,21);1H. The van der Waals surface area contributed by atoms with Crippen molar-refractivity contribution < 1.29 is 14.3 Å². The van der Waals surface area contributed by atoms with Gasteiger partial charge in [0, 0.05) is 19.7 Å². The molecule has 1 saturated heterocycles. The number of ether oxygens (including phenoxy) is 1. The molecule has 0 spiro atoms. The number of methoxy groups -OCH3 is 1. The monoisotopic (exact) mass is 361 g/mol. The van der Waals surface area contributed by atoms with Crippen molar-refractivity contribution in [3.05, 3.63) is 23.2 Å². The molecule has 0 radical (unpaired) electrons. The topological polar surface area (TPSA) is 79.5 Å². The molecule has 1 aromatic carbocycles. The Bertz CT molecular complexity index is 575. The summed E-state index contributed by atoms with van der Waals surface area (Å²) >= 11 is 6.12. The second-order valence-electron chi connectivity index (χ2n) is 5.28. The highest BCUT2D eigenvalue weighted by Gasteiger charge is 2.39. The lowest BCUT2D eigenvalue weighted by Gasteiger charge is -2.34. The number of hydrogen-bond acceptors (Lipinski definition) is 4. The van der Waals surface area contributed by atoms with E-state index < -0.39 is 5.60 Å². The van der Waals surface area contributed by atoms with Crippen LogP contribution >= 0.6 is 24.0 Å².